The molecule has 13 nitrogen and oxygen atoms in total. The van der Waals surface area contributed by atoms with Gasteiger partial charge in [-0.1, -0.05) is 11.6 Å². The zero-order chi connectivity index (χ0) is 28.9. The highest BCUT2D eigenvalue weighted by Crippen LogP contribution is 2.37. The third kappa shape index (κ3) is 5.32. The Hall–Kier alpha value is -4.17. The van der Waals surface area contributed by atoms with E-state index in [0.29, 0.717) is 60.0 Å². The number of fused-ring (bicyclic) bond motifs is 1. The molecule has 0 radical (unpaired) electrons. The van der Waals surface area contributed by atoms with Crippen molar-refractivity contribution in [1.29, 1.82) is 10.5 Å². The zero-order valence-electron chi connectivity index (χ0n) is 22.8. The first kappa shape index (κ1) is 27.0. The minimum absolute atomic E-state index is 0.220. The third-order valence-electron chi connectivity index (χ3n) is 7.67. The highest BCUT2D eigenvalue weighted by atomic mass is 35.5. The summed E-state index contributed by atoms with van der Waals surface area (Å²) in [4.78, 5) is 27.4. The lowest BCUT2D eigenvalue weighted by Gasteiger charge is -2.49. The van der Waals surface area contributed by atoms with Crippen molar-refractivity contribution in [3.8, 4) is 12.1 Å². The Labute approximate surface area is 241 Å². The number of amides is 1. The molecule has 3 fully saturated rings. The fourth-order valence-corrected chi connectivity index (χ4v) is 5.49. The van der Waals surface area contributed by atoms with Gasteiger partial charge in [-0.15, -0.1) is 5.10 Å². The molecule has 41 heavy (non-hydrogen) atoms. The second kappa shape index (κ2) is 10.3. The maximum Gasteiger partial charge on any atom is 0.254 e. The molecule has 0 atom stereocenters. The summed E-state index contributed by atoms with van der Waals surface area (Å²) < 4.78 is 1.44. The molecule has 212 valence electrons. The number of carbonyl (C=O) groups is 1. The van der Waals surface area contributed by atoms with Crippen molar-refractivity contribution in [2.75, 3.05) is 54.8 Å². The van der Waals surface area contributed by atoms with Crippen LogP contribution in [0.15, 0.2) is 18.3 Å². The van der Waals surface area contributed by atoms with E-state index in [1.807, 2.05) is 0 Å². The Morgan fingerprint density at radius 1 is 1.15 bits per heavy atom. The van der Waals surface area contributed by atoms with Gasteiger partial charge >= 0.3 is 0 Å². The minimum Gasteiger partial charge on any atom is -0.381 e. The molecule has 2 aromatic heterocycles. The van der Waals surface area contributed by atoms with Gasteiger partial charge in [-0.2, -0.15) is 20.0 Å². The average Bonchev–Trinajstić information content (AvgIpc) is 3.64. The predicted octanol–water partition coefficient (Wildman–Crippen LogP) is 1.94. The minimum atomic E-state index is -1.36. The average molecular weight is 576 g/mol. The van der Waals surface area contributed by atoms with Crippen molar-refractivity contribution in [2.45, 2.75) is 44.4 Å². The van der Waals surface area contributed by atoms with Crippen LogP contribution in [0.4, 0.5) is 23.1 Å². The Morgan fingerprint density at radius 2 is 1.88 bits per heavy atom. The summed E-state index contributed by atoms with van der Waals surface area (Å²) in [6.45, 7) is 7.18. The highest BCUT2D eigenvalue weighted by Gasteiger charge is 2.40. The molecule has 1 saturated carbocycles. The number of hydrogen-bond donors (Lipinski definition) is 3. The van der Waals surface area contributed by atoms with E-state index < -0.39 is 5.60 Å². The van der Waals surface area contributed by atoms with E-state index in [4.69, 9.17) is 11.6 Å². The van der Waals surface area contributed by atoms with E-state index in [9.17, 15) is 20.4 Å². The van der Waals surface area contributed by atoms with Crippen molar-refractivity contribution in [1.82, 2.24) is 29.4 Å². The van der Waals surface area contributed by atoms with Crippen LogP contribution in [0.5, 0.6) is 0 Å². The normalized spacial score (nSPS) is 18.1. The summed E-state index contributed by atoms with van der Waals surface area (Å²) in [5.41, 5.74) is 1.04. The molecule has 0 bridgehead atoms. The smallest absolute Gasteiger partial charge is 0.254 e. The number of rotatable bonds is 7. The van der Waals surface area contributed by atoms with E-state index in [-0.39, 0.29) is 23.6 Å². The Balaban J connectivity index is 1.19. The highest BCUT2D eigenvalue weighted by molar-refractivity contribution is 6.36. The number of likely N-dealkylation sites (tertiary alicyclic amines) is 1. The maximum atomic E-state index is 12.3. The number of hydrogen-bond acceptors (Lipinski definition) is 11. The van der Waals surface area contributed by atoms with Crippen LogP contribution < -0.4 is 15.5 Å². The fourth-order valence-electron chi connectivity index (χ4n) is 5.21. The van der Waals surface area contributed by atoms with Gasteiger partial charge in [0.15, 0.2) is 17.2 Å². The van der Waals surface area contributed by atoms with E-state index >= 15 is 0 Å². The van der Waals surface area contributed by atoms with Crippen LogP contribution in [0.2, 0.25) is 5.02 Å². The lowest BCUT2D eigenvalue weighted by Crippen LogP contribution is -2.66. The second-order valence-corrected chi connectivity index (χ2v) is 11.6. The number of imidazole rings is 1. The molecular formula is C27H30ClN11O2. The molecule has 3 aromatic rings. The first-order chi connectivity index (χ1) is 19.6. The van der Waals surface area contributed by atoms with E-state index in [2.05, 4.69) is 47.6 Å². The number of aliphatic hydroxyl groups is 1. The zero-order valence-corrected chi connectivity index (χ0v) is 23.6. The quantitative estimate of drug-likeness (QED) is 0.377. The van der Waals surface area contributed by atoms with Crippen LogP contribution in [0.25, 0.3) is 5.65 Å². The summed E-state index contributed by atoms with van der Waals surface area (Å²) in [5.74, 6) is 0.496. The largest absolute Gasteiger partial charge is 0.381 e. The van der Waals surface area contributed by atoms with Gasteiger partial charge in [0, 0.05) is 51.4 Å². The van der Waals surface area contributed by atoms with Gasteiger partial charge in [0.25, 0.3) is 5.91 Å². The number of carbonyl (C=O) groups excluding carboxylic acids is 1. The van der Waals surface area contributed by atoms with Crippen LogP contribution in [0.3, 0.4) is 0 Å². The summed E-state index contributed by atoms with van der Waals surface area (Å²) in [6.07, 6.45) is 3.53. The number of nitriles is 2. The first-order valence-corrected chi connectivity index (χ1v) is 14.0. The van der Waals surface area contributed by atoms with Crippen molar-refractivity contribution < 1.29 is 9.90 Å². The van der Waals surface area contributed by atoms with Crippen LogP contribution in [-0.2, 0) is 4.79 Å². The molecule has 3 N–H and O–H groups in total. The summed E-state index contributed by atoms with van der Waals surface area (Å²) >= 11 is 6.91. The van der Waals surface area contributed by atoms with Crippen molar-refractivity contribution >= 4 is 46.3 Å². The van der Waals surface area contributed by atoms with Crippen LogP contribution in [-0.4, -0.2) is 97.3 Å². The molecule has 14 heteroatoms. The van der Waals surface area contributed by atoms with Crippen molar-refractivity contribution in [3.63, 3.8) is 0 Å². The third-order valence-corrected chi connectivity index (χ3v) is 8.07. The lowest BCUT2D eigenvalue weighted by molar-refractivity contribution is -0.155. The molecule has 4 heterocycles. The number of piperazine rings is 1. The molecule has 2 saturated heterocycles. The standard InChI is InChI=1S/C27H30ClN11O2/c1-27(2,41)25(40)38-14-19(15-38)36-5-7-37(8-6-36)21-10-16(11-29)9-20(22(21)28)33-26-34-23(32-17-3-4-17)24-31-13-18(12-30)39(24)35-26/h9-10,13,17,19,41H,3-8,14-15H2,1-2H3,(H2,32,33,34,35). The van der Waals surface area contributed by atoms with E-state index in [1.165, 1.54) is 24.6 Å². The van der Waals surface area contributed by atoms with Crippen LogP contribution in [0.1, 0.15) is 37.9 Å². The number of nitrogens with one attached hydrogen (secondary N) is 2. The van der Waals surface area contributed by atoms with Crippen molar-refractivity contribution in [3.05, 3.63) is 34.6 Å². The summed E-state index contributed by atoms with van der Waals surface area (Å²) in [6, 6.07) is 8.32. The number of anilines is 4. The van der Waals surface area contributed by atoms with Gasteiger partial charge in [-0.05, 0) is 38.8 Å². The Morgan fingerprint density at radius 3 is 2.51 bits per heavy atom. The topological polar surface area (TPSA) is 162 Å². The van der Waals surface area contributed by atoms with Gasteiger partial charge in [-0.25, -0.2) is 4.98 Å². The molecule has 0 unspecified atom stereocenters. The molecular weight excluding hydrogens is 546 g/mol. The molecule has 0 spiro atoms. The number of benzene rings is 1. The van der Waals surface area contributed by atoms with Gasteiger partial charge in [-0.3, -0.25) is 9.69 Å². The van der Waals surface area contributed by atoms with E-state index in [1.54, 1.807) is 17.0 Å². The predicted molar refractivity (Wildman–Crippen MR) is 152 cm³/mol. The Kier molecular flexibility index (Phi) is 6.82. The second-order valence-electron chi connectivity index (χ2n) is 11.2. The van der Waals surface area contributed by atoms with Crippen LogP contribution >= 0.6 is 11.6 Å². The molecule has 1 aromatic carbocycles. The molecule has 3 aliphatic rings. The number of halogens is 1. The molecule has 1 aliphatic carbocycles. The van der Waals surface area contributed by atoms with E-state index in [0.717, 1.165) is 31.6 Å². The van der Waals surface area contributed by atoms with Gasteiger partial charge in [0.2, 0.25) is 5.95 Å². The Bertz CT molecular complexity index is 1580. The lowest BCUT2D eigenvalue weighted by atomic mass is 10.0. The monoisotopic (exact) mass is 575 g/mol. The van der Waals surface area contributed by atoms with Gasteiger partial charge < -0.3 is 25.5 Å². The molecule has 1 amide bonds. The van der Waals surface area contributed by atoms with Crippen molar-refractivity contribution in [2.24, 2.45) is 0 Å². The molecule has 2 aliphatic heterocycles. The first-order valence-electron chi connectivity index (χ1n) is 13.6. The summed E-state index contributed by atoms with van der Waals surface area (Å²) in [7, 11) is 0. The van der Waals surface area contributed by atoms with Gasteiger partial charge in [0.1, 0.15) is 11.7 Å². The fraction of sp³-hybridized carbons (Fsp3) is 0.481. The molecule has 6 rings (SSSR count). The SMILES string of the molecule is CC(C)(O)C(=O)N1CC(N2CCN(c3cc(C#N)cc(Nc4nc(NC5CC5)c5ncc(C#N)n5n4)c3Cl)CC2)C1. The van der Waals surface area contributed by atoms with Crippen LogP contribution in [0, 0.1) is 22.7 Å². The maximum absolute atomic E-state index is 12.3. The summed E-state index contributed by atoms with van der Waals surface area (Å²) in [5, 5.41) is 40.7. The van der Waals surface area contributed by atoms with Gasteiger partial charge in [0.05, 0.1) is 34.2 Å². The number of aromatic nitrogens is 4. The number of nitrogens with zero attached hydrogens (tertiary/aromatic N) is 9.